The van der Waals surface area contributed by atoms with Gasteiger partial charge in [0.2, 0.25) is 0 Å². The number of aromatic nitrogens is 1. The Bertz CT molecular complexity index is 742. The van der Waals surface area contributed by atoms with Gasteiger partial charge in [0.25, 0.3) is 5.91 Å². The topological polar surface area (TPSA) is 70.5 Å². The molecule has 0 spiro atoms. The zero-order chi connectivity index (χ0) is 17.1. The predicted octanol–water partition coefficient (Wildman–Crippen LogP) is 3.12. The predicted molar refractivity (Wildman–Crippen MR) is 92.4 cm³/mol. The Balaban J connectivity index is 1.77. The number of carbonyl (C=O) groups excluding carboxylic acids is 1. The lowest BCUT2D eigenvalue weighted by Crippen LogP contribution is -2.36. The first-order chi connectivity index (χ1) is 11.5. The van der Waals surface area contributed by atoms with E-state index < -0.39 is 5.97 Å². The molecule has 1 atom stereocenters. The van der Waals surface area contributed by atoms with Gasteiger partial charge in [0.15, 0.2) is 0 Å². The minimum absolute atomic E-state index is 0.0143. The number of carboxylic acid groups (broad SMARTS) is 1. The number of thiazole rings is 1. The number of nitrogens with zero attached hydrogens (tertiary/aromatic N) is 2. The number of carbonyl (C=O) groups is 2. The Labute approximate surface area is 145 Å². The van der Waals surface area contributed by atoms with Gasteiger partial charge in [0.1, 0.15) is 4.88 Å². The molecule has 1 N–H and O–H groups in total. The summed E-state index contributed by atoms with van der Waals surface area (Å²) >= 11 is 1.42. The molecule has 0 radical (unpaired) electrons. The van der Waals surface area contributed by atoms with E-state index in [2.05, 4.69) is 4.98 Å². The molecule has 3 rings (SSSR count). The van der Waals surface area contributed by atoms with Crippen LogP contribution in [0.1, 0.15) is 45.2 Å². The molecule has 1 aromatic heterocycles. The number of hydrogen-bond donors (Lipinski definition) is 1. The fourth-order valence-electron chi connectivity index (χ4n) is 3.14. The van der Waals surface area contributed by atoms with Crippen molar-refractivity contribution in [1.29, 1.82) is 0 Å². The van der Waals surface area contributed by atoms with Crippen molar-refractivity contribution in [3.05, 3.63) is 51.5 Å². The van der Waals surface area contributed by atoms with Crippen LogP contribution in [0.3, 0.4) is 0 Å². The number of likely N-dealkylation sites (tertiary alicyclic amines) is 1. The molecule has 1 aliphatic heterocycles. The molecule has 1 unspecified atom stereocenters. The first kappa shape index (κ1) is 16.6. The molecule has 24 heavy (non-hydrogen) atoms. The standard InChI is InChI=1S/C18H20N2O3S/c1-12-17(18(23)20-9-5-8-14(20)11-16(21)22)24-15(19-12)10-13-6-3-2-4-7-13/h2-4,6-7,14H,5,8-11H2,1H3,(H,21,22). The van der Waals surface area contributed by atoms with Crippen molar-refractivity contribution in [1.82, 2.24) is 9.88 Å². The van der Waals surface area contributed by atoms with E-state index in [1.54, 1.807) is 4.90 Å². The minimum atomic E-state index is -0.856. The molecule has 1 fully saturated rings. The van der Waals surface area contributed by atoms with Crippen LogP contribution in [0, 0.1) is 6.92 Å². The molecule has 0 bridgehead atoms. The Morgan fingerprint density at radius 3 is 2.79 bits per heavy atom. The number of aliphatic carboxylic acids is 1. The van der Waals surface area contributed by atoms with Crippen molar-refractivity contribution in [2.45, 2.75) is 38.6 Å². The van der Waals surface area contributed by atoms with Crippen molar-refractivity contribution in [2.75, 3.05) is 6.54 Å². The molecule has 1 amide bonds. The van der Waals surface area contributed by atoms with E-state index >= 15 is 0 Å². The maximum atomic E-state index is 12.8. The van der Waals surface area contributed by atoms with Gasteiger partial charge in [-0.25, -0.2) is 4.98 Å². The summed E-state index contributed by atoms with van der Waals surface area (Å²) in [6.45, 7) is 2.47. The highest BCUT2D eigenvalue weighted by Crippen LogP contribution is 2.27. The second kappa shape index (κ2) is 7.13. The highest BCUT2D eigenvalue weighted by molar-refractivity contribution is 7.13. The van der Waals surface area contributed by atoms with Crippen LogP contribution in [0.15, 0.2) is 30.3 Å². The van der Waals surface area contributed by atoms with E-state index in [9.17, 15) is 9.59 Å². The monoisotopic (exact) mass is 344 g/mol. The molecule has 5 nitrogen and oxygen atoms in total. The zero-order valence-corrected chi connectivity index (χ0v) is 14.4. The summed E-state index contributed by atoms with van der Waals surface area (Å²) in [7, 11) is 0. The smallest absolute Gasteiger partial charge is 0.305 e. The quantitative estimate of drug-likeness (QED) is 0.905. The first-order valence-electron chi connectivity index (χ1n) is 8.07. The fourth-order valence-corrected chi connectivity index (χ4v) is 4.20. The summed E-state index contributed by atoms with van der Waals surface area (Å²) in [6.07, 6.45) is 2.34. The lowest BCUT2D eigenvalue weighted by molar-refractivity contribution is -0.137. The maximum absolute atomic E-state index is 12.8. The van der Waals surface area contributed by atoms with E-state index in [4.69, 9.17) is 5.11 Å². The Morgan fingerprint density at radius 1 is 1.33 bits per heavy atom. The van der Waals surface area contributed by atoms with Crippen LogP contribution in [0.5, 0.6) is 0 Å². The Morgan fingerprint density at radius 2 is 2.08 bits per heavy atom. The van der Waals surface area contributed by atoms with Crippen molar-refractivity contribution >= 4 is 23.2 Å². The van der Waals surface area contributed by atoms with Crippen molar-refractivity contribution in [3.63, 3.8) is 0 Å². The molecule has 2 heterocycles. The molecule has 0 aliphatic carbocycles. The summed E-state index contributed by atoms with van der Waals surface area (Å²) in [5, 5.41) is 9.93. The van der Waals surface area contributed by atoms with Gasteiger partial charge in [-0.15, -0.1) is 11.3 Å². The van der Waals surface area contributed by atoms with Gasteiger partial charge in [-0.2, -0.15) is 0 Å². The summed E-state index contributed by atoms with van der Waals surface area (Å²) in [6, 6.07) is 9.84. The van der Waals surface area contributed by atoms with Gasteiger partial charge in [-0.1, -0.05) is 30.3 Å². The number of carboxylic acids is 1. The number of rotatable bonds is 5. The summed E-state index contributed by atoms with van der Waals surface area (Å²) in [5.41, 5.74) is 1.90. The van der Waals surface area contributed by atoms with Crippen LogP contribution >= 0.6 is 11.3 Å². The minimum Gasteiger partial charge on any atom is -0.481 e. The number of aryl methyl sites for hydroxylation is 1. The molecule has 1 aliphatic rings. The lowest BCUT2D eigenvalue weighted by atomic mass is 10.1. The van der Waals surface area contributed by atoms with Crippen molar-refractivity contribution in [2.24, 2.45) is 0 Å². The molecule has 1 aromatic carbocycles. The molecule has 2 aromatic rings. The molecule has 0 saturated carbocycles. The number of benzene rings is 1. The summed E-state index contributed by atoms with van der Waals surface area (Å²) in [5.74, 6) is -0.932. The van der Waals surface area contributed by atoms with E-state index in [1.807, 2.05) is 37.3 Å². The van der Waals surface area contributed by atoms with Crippen LogP contribution in [0.2, 0.25) is 0 Å². The molecular formula is C18H20N2O3S. The second-order valence-electron chi connectivity index (χ2n) is 6.08. The third-order valence-electron chi connectivity index (χ3n) is 4.28. The van der Waals surface area contributed by atoms with Gasteiger partial charge >= 0.3 is 5.97 Å². The Kier molecular flexibility index (Phi) is 4.94. The summed E-state index contributed by atoms with van der Waals surface area (Å²) in [4.78, 5) is 30.7. The average molecular weight is 344 g/mol. The largest absolute Gasteiger partial charge is 0.481 e. The van der Waals surface area contributed by atoms with Gasteiger partial charge < -0.3 is 10.0 Å². The normalized spacial score (nSPS) is 17.2. The SMILES string of the molecule is Cc1nc(Cc2ccccc2)sc1C(=O)N1CCCC1CC(=O)O. The lowest BCUT2D eigenvalue weighted by Gasteiger charge is -2.22. The van der Waals surface area contributed by atoms with Crippen molar-refractivity contribution in [3.8, 4) is 0 Å². The number of hydrogen-bond acceptors (Lipinski definition) is 4. The molecular weight excluding hydrogens is 324 g/mol. The van der Waals surface area contributed by atoms with Crippen LogP contribution in [0.25, 0.3) is 0 Å². The fraction of sp³-hybridized carbons (Fsp3) is 0.389. The average Bonchev–Trinajstić information content (AvgIpc) is 3.14. The van der Waals surface area contributed by atoms with Crippen LogP contribution in [0.4, 0.5) is 0 Å². The van der Waals surface area contributed by atoms with Crippen LogP contribution in [-0.2, 0) is 11.2 Å². The van der Waals surface area contributed by atoms with Gasteiger partial charge in [0, 0.05) is 19.0 Å². The van der Waals surface area contributed by atoms with Crippen molar-refractivity contribution < 1.29 is 14.7 Å². The third-order valence-corrected chi connectivity index (χ3v) is 5.43. The molecule has 6 heteroatoms. The molecule has 1 saturated heterocycles. The van der Waals surface area contributed by atoms with E-state index in [0.29, 0.717) is 17.8 Å². The number of amides is 1. The van der Waals surface area contributed by atoms with E-state index in [-0.39, 0.29) is 18.4 Å². The zero-order valence-electron chi connectivity index (χ0n) is 13.6. The highest BCUT2D eigenvalue weighted by atomic mass is 32.1. The summed E-state index contributed by atoms with van der Waals surface area (Å²) < 4.78 is 0. The van der Waals surface area contributed by atoms with Gasteiger partial charge in [0.05, 0.1) is 17.1 Å². The van der Waals surface area contributed by atoms with Crippen LogP contribution < -0.4 is 0 Å². The Hall–Kier alpha value is -2.21. The third kappa shape index (κ3) is 3.64. The van der Waals surface area contributed by atoms with E-state index in [0.717, 1.165) is 29.1 Å². The second-order valence-corrected chi connectivity index (χ2v) is 7.16. The van der Waals surface area contributed by atoms with Crippen LogP contribution in [-0.4, -0.2) is 39.5 Å². The van der Waals surface area contributed by atoms with E-state index in [1.165, 1.54) is 11.3 Å². The first-order valence-corrected chi connectivity index (χ1v) is 8.89. The maximum Gasteiger partial charge on any atom is 0.305 e. The van der Waals surface area contributed by atoms with Gasteiger partial charge in [-0.05, 0) is 25.3 Å². The van der Waals surface area contributed by atoms with Gasteiger partial charge in [-0.3, -0.25) is 9.59 Å². The highest BCUT2D eigenvalue weighted by Gasteiger charge is 2.32. The molecule has 126 valence electrons.